The van der Waals surface area contributed by atoms with Gasteiger partial charge in [0.2, 0.25) is 0 Å². The summed E-state index contributed by atoms with van der Waals surface area (Å²) in [6.07, 6.45) is 5.18. The molecule has 0 fully saturated rings. The Balaban J connectivity index is 2.63. The molecule has 2 N–H and O–H groups in total. The number of hydrogen-bond donors (Lipinski definition) is 1. The Morgan fingerprint density at radius 3 is 2.75 bits per heavy atom. The van der Waals surface area contributed by atoms with E-state index in [1.165, 1.54) is 6.07 Å². The van der Waals surface area contributed by atoms with E-state index in [0.29, 0.717) is 5.56 Å². The summed E-state index contributed by atoms with van der Waals surface area (Å²) in [4.78, 5) is 3.98. The topological polar surface area (TPSA) is 43.8 Å². The van der Waals surface area contributed by atoms with Gasteiger partial charge in [-0.05, 0) is 37.1 Å². The van der Waals surface area contributed by atoms with Crippen LogP contribution >= 0.6 is 0 Å². The zero-order valence-corrected chi connectivity index (χ0v) is 9.31. The fourth-order valence-electron chi connectivity index (χ4n) is 1.67. The van der Waals surface area contributed by atoms with Crippen LogP contribution in [0.5, 0.6) is 0 Å². The third-order valence-electron chi connectivity index (χ3n) is 2.58. The predicted molar refractivity (Wildman–Crippen MR) is 60.9 cm³/mol. The maximum atomic E-state index is 13.5. The van der Waals surface area contributed by atoms with Crippen molar-refractivity contribution in [2.24, 2.45) is 5.73 Å². The van der Waals surface area contributed by atoms with Crippen LogP contribution in [0.25, 0.3) is 5.69 Å². The first-order valence-corrected chi connectivity index (χ1v) is 5.13. The highest BCUT2D eigenvalue weighted by Gasteiger charge is 2.11. The molecule has 3 nitrogen and oxygen atoms in total. The molecular formula is C12H14FN3. The summed E-state index contributed by atoms with van der Waals surface area (Å²) in [7, 11) is 0. The highest BCUT2D eigenvalue weighted by atomic mass is 19.1. The second-order valence-corrected chi connectivity index (χ2v) is 3.92. The van der Waals surface area contributed by atoms with Crippen molar-refractivity contribution in [2.45, 2.75) is 19.9 Å². The van der Waals surface area contributed by atoms with Crippen LogP contribution < -0.4 is 5.73 Å². The molecule has 4 heteroatoms. The van der Waals surface area contributed by atoms with E-state index in [4.69, 9.17) is 5.73 Å². The molecule has 2 rings (SSSR count). The maximum Gasteiger partial charge on any atom is 0.126 e. The molecule has 0 aliphatic heterocycles. The molecule has 1 atom stereocenters. The molecular weight excluding hydrogens is 205 g/mol. The van der Waals surface area contributed by atoms with Gasteiger partial charge in [0.05, 0.1) is 12.0 Å². The van der Waals surface area contributed by atoms with Crippen molar-refractivity contribution in [3.05, 3.63) is 47.8 Å². The first-order chi connectivity index (χ1) is 7.59. The second-order valence-electron chi connectivity index (χ2n) is 3.92. The maximum absolute atomic E-state index is 13.5. The van der Waals surface area contributed by atoms with Crippen LogP contribution in [0.3, 0.4) is 0 Å². The third kappa shape index (κ3) is 1.84. The molecule has 0 spiro atoms. The lowest BCUT2D eigenvalue weighted by molar-refractivity contribution is 0.612. The quantitative estimate of drug-likeness (QED) is 0.842. The predicted octanol–water partition coefficient (Wildman–Crippen LogP) is 2.34. The lowest BCUT2D eigenvalue weighted by Gasteiger charge is -2.14. The molecule has 0 aliphatic carbocycles. The molecule has 0 aliphatic rings. The van der Waals surface area contributed by atoms with Gasteiger partial charge in [-0.15, -0.1) is 0 Å². The first-order valence-electron chi connectivity index (χ1n) is 5.13. The summed E-state index contributed by atoms with van der Waals surface area (Å²) < 4.78 is 15.3. The van der Waals surface area contributed by atoms with Crippen LogP contribution in [0.15, 0.2) is 30.9 Å². The fourth-order valence-corrected chi connectivity index (χ4v) is 1.67. The Labute approximate surface area is 93.7 Å². The van der Waals surface area contributed by atoms with E-state index in [1.807, 2.05) is 17.7 Å². The van der Waals surface area contributed by atoms with Crippen molar-refractivity contribution in [1.82, 2.24) is 9.55 Å². The molecule has 2 aromatic rings. The van der Waals surface area contributed by atoms with Gasteiger partial charge in [0.25, 0.3) is 0 Å². The van der Waals surface area contributed by atoms with E-state index in [-0.39, 0.29) is 11.9 Å². The van der Waals surface area contributed by atoms with Gasteiger partial charge in [0.15, 0.2) is 0 Å². The summed E-state index contributed by atoms with van der Waals surface area (Å²) in [6, 6.07) is 3.07. The van der Waals surface area contributed by atoms with Gasteiger partial charge in [-0.3, -0.25) is 0 Å². The highest BCUT2D eigenvalue weighted by molar-refractivity contribution is 5.45. The molecule has 0 radical (unpaired) electrons. The molecule has 16 heavy (non-hydrogen) atoms. The third-order valence-corrected chi connectivity index (χ3v) is 2.58. The molecule has 0 unspecified atom stereocenters. The molecule has 0 saturated carbocycles. The van der Waals surface area contributed by atoms with Crippen molar-refractivity contribution in [3.8, 4) is 5.69 Å². The zero-order chi connectivity index (χ0) is 11.7. The van der Waals surface area contributed by atoms with Gasteiger partial charge in [-0.1, -0.05) is 0 Å². The van der Waals surface area contributed by atoms with E-state index in [0.717, 1.165) is 11.3 Å². The Kier molecular flexibility index (Phi) is 2.75. The molecule has 1 heterocycles. The van der Waals surface area contributed by atoms with Crippen molar-refractivity contribution in [2.75, 3.05) is 0 Å². The molecule has 0 bridgehead atoms. The van der Waals surface area contributed by atoms with Crippen molar-refractivity contribution < 1.29 is 4.39 Å². The zero-order valence-electron chi connectivity index (χ0n) is 9.31. The van der Waals surface area contributed by atoms with E-state index >= 15 is 0 Å². The molecule has 1 aromatic heterocycles. The number of nitrogens with zero attached hydrogens (tertiary/aromatic N) is 2. The van der Waals surface area contributed by atoms with Crippen LogP contribution in [0, 0.1) is 12.7 Å². The molecule has 0 amide bonds. The van der Waals surface area contributed by atoms with Gasteiger partial charge in [0, 0.05) is 18.4 Å². The van der Waals surface area contributed by atoms with Crippen LogP contribution in [0.4, 0.5) is 4.39 Å². The fraction of sp³-hybridized carbons (Fsp3) is 0.250. The van der Waals surface area contributed by atoms with Gasteiger partial charge in [0.1, 0.15) is 5.82 Å². The minimum atomic E-state index is -0.226. The van der Waals surface area contributed by atoms with Gasteiger partial charge in [-0.2, -0.15) is 0 Å². The standard InChI is InChI=1S/C12H14FN3/c1-8-5-12(16-4-3-15-7-16)10(9(2)14)6-11(8)13/h3-7,9H,14H2,1-2H3/t9-/m0/s1. The lowest BCUT2D eigenvalue weighted by Crippen LogP contribution is -2.10. The molecule has 84 valence electrons. The number of aromatic nitrogens is 2. The Bertz CT molecular complexity index is 489. The summed E-state index contributed by atoms with van der Waals surface area (Å²) in [6.45, 7) is 3.57. The SMILES string of the molecule is Cc1cc(-n2ccnc2)c([C@H](C)N)cc1F. The molecule has 1 aromatic carbocycles. The number of rotatable bonds is 2. The average Bonchev–Trinajstić information content (AvgIpc) is 2.74. The minimum Gasteiger partial charge on any atom is -0.324 e. The van der Waals surface area contributed by atoms with Crippen LogP contribution in [-0.2, 0) is 0 Å². The average molecular weight is 219 g/mol. The number of halogens is 1. The summed E-state index contributed by atoms with van der Waals surface area (Å²) >= 11 is 0. The Hall–Kier alpha value is -1.68. The number of benzene rings is 1. The van der Waals surface area contributed by atoms with Gasteiger partial charge < -0.3 is 10.3 Å². The Morgan fingerprint density at radius 1 is 1.44 bits per heavy atom. The van der Waals surface area contributed by atoms with Crippen LogP contribution in [0.1, 0.15) is 24.1 Å². The second kappa shape index (κ2) is 4.06. The number of aryl methyl sites for hydroxylation is 1. The van der Waals surface area contributed by atoms with E-state index in [2.05, 4.69) is 4.98 Å². The van der Waals surface area contributed by atoms with Crippen LogP contribution in [-0.4, -0.2) is 9.55 Å². The van der Waals surface area contributed by atoms with E-state index in [9.17, 15) is 4.39 Å². The monoisotopic (exact) mass is 219 g/mol. The molecule has 0 saturated heterocycles. The van der Waals surface area contributed by atoms with Crippen molar-refractivity contribution >= 4 is 0 Å². The Morgan fingerprint density at radius 2 is 2.19 bits per heavy atom. The van der Waals surface area contributed by atoms with Gasteiger partial charge in [-0.25, -0.2) is 9.37 Å². The number of imidazole rings is 1. The summed E-state index contributed by atoms with van der Waals surface area (Å²) in [5.41, 5.74) is 8.10. The van der Waals surface area contributed by atoms with Crippen LogP contribution in [0.2, 0.25) is 0 Å². The number of nitrogens with two attached hydrogens (primary N) is 1. The first kappa shape index (κ1) is 10.8. The minimum absolute atomic E-state index is 0.215. The van der Waals surface area contributed by atoms with E-state index < -0.39 is 0 Å². The van der Waals surface area contributed by atoms with Crippen molar-refractivity contribution in [3.63, 3.8) is 0 Å². The summed E-state index contributed by atoms with van der Waals surface area (Å²) in [5.74, 6) is -0.226. The van der Waals surface area contributed by atoms with E-state index in [1.54, 1.807) is 25.5 Å². The lowest BCUT2D eigenvalue weighted by atomic mass is 10.0. The largest absolute Gasteiger partial charge is 0.324 e. The highest BCUT2D eigenvalue weighted by Crippen LogP contribution is 2.23. The van der Waals surface area contributed by atoms with Gasteiger partial charge >= 0.3 is 0 Å². The summed E-state index contributed by atoms with van der Waals surface area (Å²) in [5, 5.41) is 0. The smallest absolute Gasteiger partial charge is 0.126 e. The number of hydrogen-bond acceptors (Lipinski definition) is 2. The van der Waals surface area contributed by atoms with Crippen molar-refractivity contribution in [1.29, 1.82) is 0 Å². The normalized spacial score (nSPS) is 12.8.